The van der Waals surface area contributed by atoms with Gasteiger partial charge in [-0.2, -0.15) is 0 Å². The standard InChI is InChI=1S/C17H27NO/c1-3-13-18-16-7-5-4-6-8-17(16)19-15-11-9-14(2)10-12-15/h9-12,16-18H,3-8,13H2,1-2H3. The Morgan fingerprint density at radius 3 is 2.58 bits per heavy atom. The fourth-order valence-corrected chi connectivity index (χ4v) is 2.77. The molecule has 2 unspecified atom stereocenters. The largest absolute Gasteiger partial charge is 0.489 e. The predicted octanol–water partition coefficient (Wildman–Crippen LogP) is 4.07. The molecule has 106 valence electrons. The summed E-state index contributed by atoms with van der Waals surface area (Å²) in [5.74, 6) is 1.01. The van der Waals surface area contributed by atoms with Crippen molar-refractivity contribution in [1.29, 1.82) is 0 Å². The van der Waals surface area contributed by atoms with Crippen molar-refractivity contribution in [2.45, 2.75) is 64.5 Å². The molecular formula is C17H27NO. The van der Waals surface area contributed by atoms with Gasteiger partial charge in [-0.25, -0.2) is 0 Å². The Morgan fingerprint density at radius 1 is 1.11 bits per heavy atom. The van der Waals surface area contributed by atoms with Crippen LogP contribution in [0, 0.1) is 6.92 Å². The van der Waals surface area contributed by atoms with Crippen LogP contribution in [0.25, 0.3) is 0 Å². The third-order valence-electron chi connectivity index (χ3n) is 3.92. The van der Waals surface area contributed by atoms with E-state index in [2.05, 4.69) is 43.4 Å². The highest BCUT2D eigenvalue weighted by molar-refractivity contribution is 5.26. The summed E-state index contributed by atoms with van der Waals surface area (Å²) in [5, 5.41) is 3.67. The quantitative estimate of drug-likeness (QED) is 0.807. The minimum atomic E-state index is 0.330. The lowest BCUT2D eigenvalue weighted by atomic mass is 10.1. The molecule has 2 rings (SSSR count). The van der Waals surface area contributed by atoms with Crippen LogP contribution in [0.4, 0.5) is 0 Å². The van der Waals surface area contributed by atoms with Crippen molar-refractivity contribution < 1.29 is 4.74 Å². The number of rotatable bonds is 5. The van der Waals surface area contributed by atoms with Gasteiger partial charge in [0.25, 0.3) is 0 Å². The van der Waals surface area contributed by atoms with E-state index in [1.165, 1.54) is 44.1 Å². The second-order valence-corrected chi connectivity index (χ2v) is 5.67. The Labute approximate surface area is 117 Å². The Kier molecular flexibility index (Phi) is 5.71. The van der Waals surface area contributed by atoms with Crippen molar-refractivity contribution in [3.05, 3.63) is 29.8 Å². The molecule has 2 atom stereocenters. The topological polar surface area (TPSA) is 21.3 Å². The SMILES string of the molecule is CCCNC1CCCCCC1Oc1ccc(C)cc1. The van der Waals surface area contributed by atoms with E-state index in [9.17, 15) is 0 Å². The molecule has 1 N–H and O–H groups in total. The first-order valence-electron chi connectivity index (χ1n) is 7.76. The molecule has 1 aromatic carbocycles. The minimum Gasteiger partial charge on any atom is -0.489 e. The predicted molar refractivity (Wildman–Crippen MR) is 80.8 cm³/mol. The smallest absolute Gasteiger partial charge is 0.119 e. The van der Waals surface area contributed by atoms with Gasteiger partial charge in [-0.3, -0.25) is 0 Å². The second kappa shape index (κ2) is 7.54. The highest BCUT2D eigenvalue weighted by atomic mass is 16.5. The van der Waals surface area contributed by atoms with E-state index in [1.807, 2.05) is 0 Å². The summed E-state index contributed by atoms with van der Waals surface area (Å²) >= 11 is 0. The summed E-state index contributed by atoms with van der Waals surface area (Å²) in [7, 11) is 0. The van der Waals surface area contributed by atoms with Gasteiger partial charge in [-0.1, -0.05) is 37.5 Å². The van der Waals surface area contributed by atoms with Gasteiger partial charge in [0.1, 0.15) is 11.9 Å². The summed E-state index contributed by atoms with van der Waals surface area (Å²) in [6.45, 7) is 5.43. The van der Waals surface area contributed by atoms with E-state index in [-0.39, 0.29) is 0 Å². The van der Waals surface area contributed by atoms with Crippen LogP contribution in [0.5, 0.6) is 5.75 Å². The highest BCUT2D eigenvalue weighted by Crippen LogP contribution is 2.23. The molecule has 1 aliphatic rings. The van der Waals surface area contributed by atoms with Gasteiger partial charge in [0.05, 0.1) is 0 Å². The van der Waals surface area contributed by atoms with Crippen molar-refractivity contribution >= 4 is 0 Å². The Balaban J connectivity index is 1.98. The van der Waals surface area contributed by atoms with Crippen molar-refractivity contribution in [2.75, 3.05) is 6.54 Å². The zero-order valence-electron chi connectivity index (χ0n) is 12.3. The molecule has 0 radical (unpaired) electrons. The van der Waals surface area contributed by atoms with Gasteiger partial charge in [0.2, 0.25) is 0 Å². The number of hydrogen-bond donors (Lipinski definition) is 1. The molecule has 2 heteroatoms. The van der Waals surface area contributed by atoms with Crippen LogP contribution in [0.15, 0.2) is 24.3 Å². The van der Waals surface area contributed by atoms with Gasteiger partial charge in [0, 0.05) is 6.04 Å². The average Bonchev–Trinajstić information content (AvgIpc) is 2.64. The molecule has 0 amide bonds. The lowest BCUT2D eigenvalue weighted by Gasteiger charge is -2.27. The van der Waals surface area contributed by atoms with E-state index in [1.54, 1.807) is 0 Å². The van der Waals surface area contributed by atoms with Crippen molar-refractivity contribution in [2.24, 2.45) is 0 Å². The van der Waals surface area contributed by atoms with Gasteiger partial charge < -0.3 is 10.1 Å². The summed E-state index contributed by atoms with van der Waals surface area (Å²) in [5.41, 5.74) is 1.29. The second-order valence-electron chi connectivity index (χ2n) is 5.67. The molecule has 2 nitrogen and oxygen atoms in total. The van der Waals surface area contributed by atoms with Gasteiger partial charge in [-0.05, 0) is 51.3 Å². The number of nitrogens with one attached hydrogen (secondary N) is 1. The molecule has 0 heterocycles. The lowest BCUT2D eigenvalue weighted by Crippen LogP contribution is -2.42. The first kappa shape index (κ1) is 14.4. The molecule has 1 aromatic rings. The van der Waals surface area contributed by atoms with Crippen molar-refractivity contribution in [3.8, 4) is 5.75 Å². The van der Waals surface area contributed by atoms with Crippen LogP contribution < -0.4 is 10.1 Å². The van der Waals surface area contributed by atoms with Crippen LogP contribution in [0.2, 0.25) is 0 Å². The first-order chi connectivity index (χ1) is 9.29. The van der Waals surface area contributed by atoms with Gasteiger partial charge in [0.15, 0.2) is 0 Å². The van der Waals surface area contributed by atoms with E-state index >= 15 is 0 Å². The molecule has 0 saturated heterocycles. The molecule has 1 fully saturated rings. The molecule has 1 saturated carbocycles. The van der Waals surface area contributed by atoms with Crippen LogP contribution in [0.1, 0.15) is 51.0 Å². The van der Waals surface area contributed by atoms with Crippen LogP contribution in [0.3, 0.4) is 0 Å². The Morgan fingerprint density at radius 2 is 1.84 bits per heavy atom. The zero-order valence-corrected chi connectivity index (χ0v) is 12.3. The van der Waals surface area contributed by atoms with E-state index in [0.717, 1.165) is 12.3 Å². The van der Waals surface area contributed by atoms with Crippen molar-refractivity contribution in [1.82, 2.24) is 5.32 Å². The normalized spacial score (nSPS) is 23.9. The lowest BCUT2D eigenvalue weighted by molar-refractivity contribution is 0.144. The molecule has 0 aliphatic heterocycles. The van der Waals surface area contributed by atoms with E-state index < -0.39 is 0 Å². The van der Waals surface area contributed by atoms with Crippen molar-refractivity contribution in [3.63, 3.8) is 0 Å². The molecule has 0 spiro atoms. The molecule has 0 aromatic heterocycles. The summed E-state index contributed by atoms with van der Waals surface area (Å²) in [6.07, 6.45) is 7.91. The summed E-state index contributed by atoms with van der Waals surface area (Å²) in [4.78, 5) is 0. The fraction of sp³-hybridized carbons (Fsp3) is 0.647. The van der Waals surface area contributed by atoms with E-state index in [4.69, 9.17) is 4.74 Å². The monoisotopic (exact) mass is 261 g/mol. The summed E-state index contributed by atoms with van der Waals surface area (Å²) in [6, 6.07) is 8.96. The third kappa shape index (κ3) is 4.54. The van der Waals surface area contributed by atoms with Gasteiger partial charge in [-0.15, -0.1) is 0 Å². The maximum atomic E-state index is 6.24. The molecular weight excluding hydrogens is 234 g/mol. The number of ether oxygens (including phenoxy) is 1. The van der Waals surface area contributed by atoms with Crippen LogP contribution >= 0.6 is 0 Å². The van der Waals surface area contributed by atoms with Crippen LogP contribution in [-0.2, 0) is 0 Å². The number of hydrogen-bond acceptors (Lipinski definition) is 2. The minimum absolute atomic E-state index is 0.330. The third-order valence-corrected chi connectivity index (χ3v) is 3.92. The van der Waals surface area contributed by atoms with Crippen LogP contribution in [-0.4, -0.2) is 18.7 Å². The maximum Gasteiger partial charge on any atom is 0.119 e. The Bertz CT molecular complexity index is 360. The molecule has 19 heavy (non-hydrogen) atoms. The van der Waals surface area contributed by atoms with E-state index in [0.29, 0.717) is 12.1 Å². The maximum absolute atomic E-state index is 6.24. The summed E-state index contributed by atoms with van der Waals surface area (Å²) < 4.78 is 6.24. The highest BCUT2D eigenvalue weighted by Gasteiger charge is 2.24. The molecule has 1 aliphatic carbocycles. The average molecular weight is 261 g/mol. The number of aryl methyl sites for hydroxylation is 1. The number of benzene rings is 1. The molecule has 0 bridgehead atoms. The van der Waals surface area contributed by atoms with Gasteiger partial charge >= 0.3 is 0 Å². The Hall–Kier alpha value is -1.02. The first-order valence-corrected chi connectivity index (χ1v) is 7.76. The zero-order chi connectivity index (χ0) is 13.5. The fourth-order valence-electron chi connectivity index (χ4n) is 2.77.